The molecule has 1 aliphatic heterocycles. The number of pyridine rings is 1. The first-order chi connectivity index (χ1) is 16.0. The molecular weight excluding hydrogens is 442 g/mol. The van der Waals surface area contributed by atoms with Crippen molar-refractivity contribution in [2.24, 2.45) is 0 Å². The highest BCUT2D eigenvalue weighted by atomic mass is 32.2. The number of sulfonamides is 1. The van der Waals surface area contributed by atoms with Gasteiger partial charge in [-0.25, -0.2) is 8.42 Å². The summed E-state index contributed by atoms with van der Waals surface area (Å²) in [5.74, 6) is 0.187. The molecule has 2 heterocycles. The fraction of sp³-hybridized carbons (Fsp3) is 0.250. The summed E-state index contributed by atoms with van der Waals surface area (Å²) < 4.78 is 39.2. The van der Waals surface area contributed by atoms with Gasteiger partial charge in [0.05, 0.1) is 22.4 Å². The summed E-state index contributed by atoms with van der Waals surface area (Å²) in [5.41, 5.74) is 1.26. The van der Waals surface area contributed by atoms with E-state index in [-0.39, 0.29) is 16.9 Å². The summed E-state index contributed by atoms with van der Waals surface area (Å²) in [7, 11) is -3.78. The van der Waals surface area contributed by atoms with Gasteiger partial charge in [0.15, 0.2) is 0 Å². The Kier molecular flexibility index (Phi) is 7.21. The van der Waals surface area contributed by atoms with Gasteiger partial charge in [-0.3, -0.25) is 14.5 Å². The lowest BCUT2D eigenvalue weighted by Crippen LogP contribution is -2.26. The van der Waals surface area contributed by atoms with Crippen LogP contribution in [0.15, 0.2) is 78.0 Å². The molecule has 0 aliphatic carbocycles. The lowest BCUT2D eigenvalue weighted by atomic mass is 10.1. The second-order valence-electron chi connectivity index (χ2n) is 7.62. The van der Waals surface area contributed by atoms with Gasteiger partial charge in [-0.15, -0.1) is 0 Å². The number of amides is 1. The highest BCUT2D eigenvalue weighted by Gasteiger charge is 2.18. The molecule has 2 aromatic carbocycles. The first kappa shape index (κ1) is 22.8. The molecule has 172 valence electrons. The van der Waals surface area contributed by atoms with E-state index in [0.29, 0.717) is 29.3 Å². The number of anilines is 2. The number of benzene rings is 2. The number of carbonyl (C=O) groups is 1. The van der Waals surface area contributed by atoms with E-state index in [4.69, 9.17) is 9.47 Å². The molecule has 1 saturated heterocycles. The van der Waals surface area contributed by atoms with E-state index in [1.807, 2.05) is 6.07 Å². The number of hydrogen-bond acceptors (Lipinski definition) is 6. The molecule has 1 aromatic heterocycles. The van der Waals surface area contributed by atoms with Gasteiger partial charge in [0, 0.05) is 24.6 Å². The Balaban J connectivity index is 1.41. The number of aromatic nitrogens is 1. The van der Waals surface area contributed by atoms with E-state index in [0.717, 1.165) is 25.9 Å². The third-order valence-corrected chi connectivity index (χ3v) is 6.59. The van der Waals surface area contributed by atoms with Crippen LogP contribution < -0.4 is 14.8 Å². The highest BCUT2D eigenvalue weighted by molar-refractivity contribution is 7.92. The van der Waals surface area contributed by atoms with Crippen molar-refractivity contribution in [2.45, 2.75) is 30.3 Å². The predicted molar refractivity (Wildman–Crippen MR) is 125 cm³/mol. The van der Waals surface area contributed by atoms with Crippen LogP contribution in [0.4, 0.5) is 11.4 Å². The first-order valence-electron chi connectivity index (χ1n) is 10.7. The van der Waals surface area contributed by atoms with E-state index in [2.05, 4.69) is 15.0 Å². The molecule has 1 amide bonds. The fourth-order valence-corrected chi connectivity index (χ4v) is 4.49. The summed E-state index contributed by atoms with van der Waals surface area (Å²) in [4.78, 5) is 16.7. The predicted octanol–water partition coefficient (Wildman–Crippen LogP) is 4.08. The van der Waals surface area contributed by atoms with Gasteiger partial charge >= 0.3 is 0 Å². The van der Waals surface area contributed by atoms with Gasteiger partial charge in [0.2, 0.25) is 0 Å². The number of nitrogens with one attached hydrogen (secondary N) is 2. The smallest absolute Gasteiger partial charge is 0.261 e. The number of hydrogen-bond donors (Lipinski definition) is 2. The number of para-hydroxylation sites is 2. The lowest BCUT2D eigenvalue weighted by molar-refractivity contribution is -0.0109. The summed E-state index contributed by atoms with van der Waals surface area (Å²) in [6.07, 6.45) is 6.20. The van der Waals surface area contributed by atoms with Crippen molar-refractivity contribution < 1.29 is 22.7 Å². The Morgan fingerprint density at radius 2 is 1.79 bits per heavy atom. The lowest BCUT2D eigenvalue weighted by Gasteiger charge is -2.23. The van der Waals surface area contributed by atoms with Crippen LogP contribution in [0, 0.1) is 0 Å². The molecule has 1 fully saturated rings. The van der Waals surface area contributed by atoms with Gasteiger partial charge < -0.3 is 14.8 Å². The molecule has 1 unspecified atom stereocenters. The van der Waals surface area contributed by atoms with E-state index < -0.39 is 10.0 Å². The molecule has 0 saturated carbocycles. The van der Waals surface area contributed by atoms with Gasteiger partial charge in [-0.05, 0) is 67.8 Å². The monoisotopic (exact) mass is 467 g/mol. The van der Waals surface area contributed by atoms with Crippen LogP contribution in [0.1, 0.15) is 29.6 Å². The third kappa shape index (κ3) is 6.09. The Hall–Kier alpha value is -3.43. The van der Waals surface area contributed by atoms with E-state index in [1.165, 1.54) is 36.7 Å². The van der Waals surface area contributed by atoms with Gasteiger partial charge in [-0.1, -0.05) is 12.1 Å². The summed E-state index contributed by atoms with van der Waals surface area (Å²) in [5, 5.41) is 2.84. The van der Waals surface area contributed by atoms with Gasteiger partial charge in [-0.2, -0.15) is 0 Å². The van der Waals surface area contributed by atoms with E-state index in [1.54, 1.807) is 30.3 Å². The van der Waals surface area contributed by atoms with Crippen LogP contribution in [0.5, 0.6) is 5.75 Å². The number of ether oxygens (including phenoxy) is 2. The van der Waals surface area contributed by atoms with E-state index in [9.17, 15) is 13.2 Å². The molecule has 8 nitrogen and oxygen atoms in total. The van der Waals surface area contributed by atoms with Crippen molar-refractivity contribution >= 4 is 27.3 Å². The van der Waals surface area contributed by atoms with Crippen LogP contribution in [-0.2, 0) is 14.8 Å². The molecule has 1 atom stereocenters. The van der Waals surface area contributed by atoms with Gasteiger partial charge in [0.1, 0.15) is 12.4 Å². The number of rotatable bonds is 8. The van der Waals surface area contributed by atoms with E-state index >= 15 is 0 Å². The average molecular weight is 468 g/mol. The molecule has 1 aliphatic rings. The maximum Gasteiger partial charge on any atom is 0.261 e. The Morgan fingerprint density at radius 3 is 2.52 bits per heavy atom. The molecule has 9 heteroatoms. The number of nitrogens with zero attached hydrogens (tertiary/aromatic N) is 1. The second kappa shape index (κ2) is 10.5. The molecule has 0 spiro atoms. The van der Waals surface area contributed by atoms with Crippen molar-refractivity contribution in [3.05, 3.63) is 78.6 Å². The van der Waals surface area contributed by atoms with Crippen molar-refractivity contribution in [2.75, 3.05) is 23.3 Å². The van der Waals surface area contributed by atoms with Crippen LogP contribution in [0.25, 0.3) is 0 Å². The molecule has 2 N–H and O–H groups in total. The summed E-state index contributed by atoms with van der Waals surface area (Å²) in [6, 6.07) is 16.0. The van der Waals surface area contributed by atoms with Crippen molar-refractivity contribution in [1.29, 1.82) is 0 Å². The fourth-order valence-electron chi connectivity index (χ4n) is 3.43. The summed E-state index contributed by atoms with van der Waals surface area (Å²) in [6.45, 7) is 1.17. The molecular formula is C24H25N3O5S. The maximum atomic E-state index is 12.8. The zero-order chi connectivity index (χ0) is 23.1. The summed E-state index contributed by atoms with van der Waals surface area (Å²) >= 11 is 0. The average Bonchev–Trinajstić information content (AvgIpc) is 2.84. The zero-order valence-corrected chi connectivity index (χ0v) is 18.8. The van der Waals surface area contributed by atoms with Crippen LogP contribution in [0.2, 0.25) is 0 Å². The second-order valence-corrected chi connectivity index (χ2v) is 9.30. The van der Waals surface area contributed by atoms with Crippen LogP contribution >= 0.6 is 0 Å². The highest BCUT2D eigenvalue weighted by Crippen LogP contribution is 2.26. The minimum absolute atomic E-state index is 0.0482. The van der Waals surface area contributed by atoms with Crippen molar-refractivity contribution in [1.82, 2.24) is 4.98 Å². The SMILES string of the molecule is O=C(Nc1ccccc1OCC1CCCCO1)c1ccc(S(=O)(=O)Nc2ccncc2)cc1. The Morgan fingerprint density at radius 1 is 1.03 bits per heavy atom. The first-order valence-corrected chi connectivity index (χ1v) is 12.2. The Bertz CT molecular complexity index is 1180. The maximum absolute atomic E-state index is 12.8. The molecule has 0 radical (unpaired) electrons. The van der Waals surface area contributed by atoms with Crippen LogP contribution in [-0.4, -0.2) is 38.6 Å². The topological polar surface area (TPSA) is 107 Å². The van der Waals surface area contributed by atoms with Crippen molar-refractivity contribution in [3.8, 4) is 5.75 Å². The number of carbonyl (C=O) groups excluding carboxylic acids is 1. The van der Waals surface area contributed by atoms with Gasteiger partial charge in [0.25, 0.3) is 15.9 Å². The van der Waals surface area contributed by atoms with Crippen molar-refractivity contribution in [3.63, 3.8) is 0 Å². The minimum atomic E-state index is -3.78. The molecule has 0 bridgehead atoms. The normalized spacial score (nSPS) is 16.1. The molecule has 3 aromatic rings. The quantitative estimate of drug-likeness (QED) is 0.517. The zero-order valence-electron chi connectivity index (χ0n) is 17.9. The molecule has 4 rings (SSSR count). The Labute approximate surface area is 193 Å². The largest absolute Gasteiger partial charge is 0.489 e. The molecule has 33 heavy (non-hydrogen) atoms. The standard InChI is InChI=1S/C24H25N3O5S/c28-24(26-22-6-1-2-7-23(22)32-17-20-5-3-4-16-31-20)18-8-10-21(11-9-18)33(29,30)27-19-12-14-25-15-13-19/h1-2,6-15,20H,3-5,16-17H2,(H,25,27)(H,26,28). The third-order valence-electron chi connectivity index (χ3n) is 5.19. The van der Waals surface area contributed by atoms with Crippen LogP contribution in [0.3, 0.4) is 0 Å². The minimum Gasteiger partial charge on any atom is -0.489 e.